The van der Waals surface area contributed by atoms with E-state index in [4.69, 9.17) is 9.15 Å². The maximum atomic E-state index is 6.98. The summed E-state index contributed by atoms with van der Waals surface area (Å²) in [5.74, 6) is 1.74. The summed E-state index contributed by atoms with van der Waals surface area (Å²) in [5, 5.41) is 2.16. The van der Waals surface area contributed by atoms with E-state index in [1.54, 1.807) is 0 Å². The first-order chi connectivity index (χ1) is 32.7. The topological polar surface area (TPSA) is 25.6 Å². The van der Waals surface area contributed by atoms with Crippen LogP contribution in [0.1, 0.15) is 44.5 Å². The number of rotatable bonds is 3. The molecule has 0 amide bonds. The average molecular weight is 844 g/mol. The molecule has 1 aliphatic heterocycles. The van der Waals surface area contributed by atoms with Crippen molar-refractivity contribution in [1.82, 2.24) is 0 Å². The molecule has 0 bridgehead atoms. The molecule has 3 aliphatic rings. The van der Waals surface area contributed by atoms with E-state index in [-0.39, 0.29) is 0 Å². The van der Waals surface area contributed by atoms with Gasteiger partial charge < -0.3 is 14.1 Å². The van der Waals surface area contributed by atoms with E-state index in [2.05, 4.69) is 229 Å². The highest BCUT2D eigenvalue weighted by molar-refractivity contribution is 6.13. The van der Waals surface area contributed by atoms with Crippen LogP contribution in [0.3, 0.4) is 0 Å². The summed E-state index contributed by atoms with van der Waals surface area (Å²) in [6, 6.07) is 82.2. The normalized spacial score (nSPS) is 13.6. The first-order valence-electron chi connectivity index (χ1n) is 22.9. The maximum absolute atomic E-state index is 6.98. The smallest absolute Gasteiger partial charge is 0.137 e. The van der Waals surface area contributed by atoms with E-state index in [0.29, 0.717) is 0 Å². The summed E-state index contributed by atoms with van der Waals surface area (Å²) in [6.07, 6.45) is 1.54. The molecule has 14 rings (SSSR count). The Bertz CT molecular complexity index is 3730. The zero-order chi connectivity index (χ0) is 43.3. The van der Waals surface area contributed by atoms with Crippen LogP contribution in [0.2, 0.25) is 0 Å². The molecular formula is C63H41NO2. The van der Waals surface area contributed by atoms with Crippen LogP contribution in [0.4, 0.5) is 17.1 Å². The van der Waals surface area contributed by atoms with E-state index in [0.717, 1.165) is 74.5 Å². The molecule has 0 saturated heterocycles. The molecule has 3 heteroatoms. The van der Waals surface area contributed by atoms with Crippen molar-refractivity contribution in [3.05, 3.63) is 269 Å². The fourth-order valence-corrected chi connectivity index (χ4v) is 11.8. The Morgan fingerprint density at radius 2 is 0.879 bits per heavy atom. The lowest BCUT2D eigenvalue weighted by Crippen LogP contribution is -2.32. The fraction of sp³-hybridized carbons (Fsp3) is 0.0476. The van der Waals surface area contributed by atoms with Gasteiger partial charge in [-0.2, -0.15) is 0 Å². The predicted molar refractivity (Wildman–Crippen MR) is 269 cm³/mol. The van der Waals surface area contributed by atoms with Gasteiger partial charge in [0, 0.05) is 28.6 Å². The van der Waals surface area contributed by atoms with Crippen molar-refractivity contribution < 1.29 is 9.15 Å². The lowest BCUT2D eigenvalue weighted by molar-refractivity contribution is 0.436. The second kappa shape index (κ2) is 14.3. The van der Waals surface area contributed by atoms with Gasteiger partial charge in [0.2, 0.25) is 0 Å². The number of furan rings is 1. The van der Waals surface area contributed by atoms with Crippen molar-refractivity contribution in [1.29, 1.82) is 0 Å². The monoisotopic (exact) mass is 843 g/mol. The molecule has 3 nitrogen and oxygen atoms in total. The van der Waals surface area contributed by atoms with Crippen LogP contribution in [0, 0.1) is 0 Å². The minimum atomic E-state index is -0.625. The largest absolute Gasteiger partial charge is 0.457 e. The molecule has 0 unspecified atom stereocenters. The highest BCUT2D eigenvalue weighted by atomic mass is 16.5. The third kappa shape index (κ3) is 5.26. The Morgan fingerprint density at radius 1 is 0.364 bits per heavy atom. The molecule has 2 heterocycles. The Labute approximate surface area is 383 Å². The molecule has 66 heavy (non-hydrogen) atoms. The number of para-hydroxylation sites is 2. The number of ether oxygens (including phenoxy) is 1. The molecule has 1 spiro atoms. The molecule has 0 N–H and O–H groups in total. The summed E-state index contributed by atoms with van der Waals surface area (Å²) >= 11 is 0. The van der Waals surface area contributed by atoms with Crippen LogP contribution in [0.25, 0.3) is 55.3 Å². The Kier molecular flexibility index (Phi) is 8.02. The van der Waals surface area contributed by atoms with Gasteiger partial charge in [-0.05, 0) is 122 Å². The second-order valence-corrected chi connectivity index (χ2v) is 17.8. The first-order valence-corrected chi connectivity index (χ1v) is 22.9. The Balaban J connectivity index is 1.09. The van der Waals surface area contributed by atoms with Gasteiger partial charge in [-0.25, -0.2) is 0 Å². The zero-order valence-corrected chi connectivity index (χ0v) is 36.0. The van der Waals surface area contributed by atoms with Crippen LogP contribution < -0.4 is 9.64 Å². The highest BCUT2D eigenvalue weighted by Gasteiger charge is 2.51. The van der Waals surface area contributed by atoms with E-state index < -0.39 is 5.41 Å². The molecule has 0 atom stereocenters. The van der Waals surface area contributed by atoms with Gasteiger partial charge in [-0.15, -0.1) is 0 Å². The molecular weight excluding hydrogens is 803 g/mol. The first kappa shape index (κ1) is 37.0. The summed E-state index contributed by atoms with van der Waals surface area (Å²) in [5.41, 5.74) is 21.8. The van der Waals surface area contributed by atoms with Gasteiger partial charge >= 0.3 is 0 Å². The number of fused-ring (bicyclic) bond motifs is 18. The second-order valence-electron chi connectivity index (χ2n) is 17.8. The van der Waals surface area contributed by atoms with Gasteiger partial charge in [-0.3, -0.25) is 0 Å². The lowest BCUT2D eigenvalue weighted by Gasteiger charge is -2.40. The maximum Gasteiger partial charge on any atom is 0.137 e. The van der Waals surface area contributed by atoms with Crippen molar-refractivity contribution in [2.24, 2.45) is 0 Å². The molecule has 1 aromatic heterocycles. The van der Waals surface area contributed by atoms with E-state index in [9.17, 15) is 0 Å². The van der Waals surface area contributed by atoms with E-state index >= 15 is 0 Å². The quantitative estimate of drug-likeness (QED) is 0.177. The van der Waals surface area contributed by atoms with Gasteiger partial charge in [0.15, 0.2) is 0 Å². The van der Waals surface area contributed by atoms with Gasteiger partial charge in [0.25, 0.3) is 0 Å². The summed E-state index contributed by atoms with van der Waals surface area (Å²) in [7, 11) is 0. The van der Waals surface area contributed by atoms with Crippen molar-refractivity contribution in [2.75, 3.05) is 4.90 Å². The predicted octanol–water partition coefficient (Wildman–Crippen LogP) is 16.4. The Hall–Kier alpha value is -8.40. The number of benzene rings is 10. The SMILES string of the molecule is c1ccc2c(c1)Cc1ccccc1-c1cccc(N(c3ccc4c(c3)C3(c5ccccc5O4)c4ccccc4-c4ccccc43)c3cccc4oc5ccccc5c34)c1Cc1ccccc1-2. The minimum absolute atomic E-state index is 0.625. The standard InChI is InChI=1S/C63H41NO2/c1-4-20-44-40(17-1)37-41-18-2-6-22-46(41)47-26-15-30-56(51(47)38-42-19-3-5-21-45(42)44)64(57-31-16-34-61-62(57)50-25-9-13-32-58(50)65-61)43-35-36-60-55(39-43)63(54-29-12-14-33-59(54)66-60)52-27-10-7-23-48(52)49-24-8-11-28-53(49)63/h1-36,39H,37-38H2. The van der Waals surface area contributed by atoms with Crippen molar-refractivity contribution in [3.8, 4) is 44.9 Å². The Morgan fingerprint density at radius 3 is 1.61 bits per heavy atom. The van der Waals surface area contributed by atoms with Gasteiger partial charge in [0.1, 0.15) is 22.7 Å². The van der Waals surface area contributed by atoms with Crippen LogP contribution in [0.5, 0.6) is 11.5 Å². The van der Waals surface area contributed by atoms with Crippen molar-refractivity contribution in [2.45, 2.75) is 18.3 Å². The zero-order valence-electron chi connectivity index (χ0n) is 36.0. The fourth-order valence-electron chi connectivity index (χ4n) is 11.8. The third-order valence-corrected chi connectivity index (χ3v) is 14.5. The van der Waals surface area contributed by atoms with Crippen molar-refractivity contribution >= 4 is 39.0 Å². The van der Waals surface area contributed by atoms with Crippen LogP contribution in [-0.2, 0) is 18.3 Å². The minimum Gasteiger partial charge on any atom is -0.457 e. The van der Waals surface area contributed by atoms with Crippen molar-refractivity contribution in [3.63, 3.8) is 0 Å². The molecule has 0 fully saturated rings. The van der Waals surface area contributed by atoms with E-state index in [1.807, 2.05) is 0 Å². The number of anilines is 3. The molecule has 0 radical (unpaired) electrons. The lowest BCUT2D eigenvalue weighted by atomic mass is 9.66. The number of nitrogens with zero attached hydrogens (tertiary/aromatic N) is 1. The molecule has 2 aliphatic carbocycles. The van der Waals surface area contributed by atoms with Crippen LogP contribution >= 0.6 is 0 Å². The molecule has 0 saturated carbocycles. The number of hydrogen-bond donors (Lipinski definition) is 0. The molecule has 10 aromatic carbocycles. The van der Waals surface area contributed by atoms with E-state index in [1.165, 1.54) is 66.8 Å². The summed E-state index contributed by atoms with van der Waals surface area (Å²) in [4.78, 5) is 2.51. The van der Waals surface area contributed by atoms with Crippen LogP contribution in [-0.4, -0.2) is 0 Å². The average Bonchev–Trinajstić information content (AvgIpc) is 3.90. The molecule has 11 aromatic rings. The summed E-state index contributed by atoms with van der Waals surface area (Å²) in [6.45, 7) is 0. The molecule has 310 valence electrons. The third-order valence-electron chi connectivity index (χ3n) is 14.5. The van der Waals surface area contributed by atoms with Gasteiger partial charge in [-0.1, -0.05) is 176 Å². The highest BCUT2D eigenvalue weighted by Crippen LogP contribution is 2.63. The summed E-state index contributed by atoms with van der Waals surface area (Å²) < 4.78 is 13.6. The number of hydrogen-bond acceptors (Lipinski definition) is 3. The van der Waals surface area contributed by atoms with Crippen LogP contribution in [0.15, 0.2) is 229 Å². The van der Waals surface area contributed by atoms with Gasteiger partial charge in [0.05, 0.1) is 22.2 Å².